The number of cyclic esters (lactones) is 1. The number of amides is 2. The summed E-state index contributed by atoms with van der Waals surface area (Å²) in [7, 11) is 0. The standard InChI is InChI=1S/C19H25NO5/c1-12(15(17(22)23)19(2,3)4)16(21)20-14(11-25-18(20)24)10-13-8-6-5-7-9-13/h5-9,12,14-15H,10-11H2,1-4H3,(H,22,23)/t12?,14-,15-/m0/s1. The van der Waals surface area contributed by atoms with Gasteiger partial charge in [0.25, 0.3) is 0 Å². The molecule has 1 saturated heterocycles. The van der Waals surface area contributed by atoms with Crippen molar-refractivity contribution in [3.63, 3.8) is 0 Å². The smallest absolute Gasteiger partial charge is 0.416 e. The van der Waals surface area contributed by atoms with E-state index in [0.717, 1.165) is 10.5 Å². The Hall–Kier alpha value is -2.37. The quantitative estimate of drug-likeness (QED) is 0.885. The van der Waals surface area contributed by atoms with E-state index in [-0.39, 0.29) is 6.61 Å². The summed E-state index contributed by atoms with van der Waals surface area (Å²) in [6.45, 7) is 7.02. The van der Waals surface area contributed by atoms with Gasteiger partial charge in [-0.2, -0.15) is 0 Å². The molecule has 0 saturated carbocycles. The Morgan fingerprint density at radius 2 is 1.88 bits per heavy atom. The van der Waals surface area contributed by atoms with Gasteiger partial charge in [-0.25, -0.2) is 9.69 Å². The monoisotopic (exact) mass is 347 g/mol. The molecule has 6 heteroatoms. The molecule has 1 aromatic carbocycles. The molecule has 1 aromatic rings. The van der Waals surface area contributed by atoms with Crippen LogP contribution in [0.2, 0.25) is 0 Å². The third-order valence-corrected chi connectivity index (χ3v) is 4.60. The minimum Gasteiger partial charge on any atom is -0.481 e. The van der Waals surface area contributed by atoms with Gasteiger partial charge >= 0.3 is 12.1 Å². The molecule has 0 aliphatic carbocycles. The molecule has 0 bridgehead atoms. The van der Waals surface area contributed by atoms with Crippen LogP contribution >= 0.6 is 0 Å². The Morgan fingerprint density at radius 1 is 1.28 bits per heavy atom. The zero-order chi connectivity index (χ0) is 18.8. The van der Waals surface area contributed by atoms with Crippen molar-refractivity contribution in [2.45, 2.75) is 40.2 Å². The molecule has 1 N–H and O–H groups in total. The lowest BCUT2D eigenvalue weighted by atomic mass is 9.73. The highest BCUT2D eigenvalue weighted by molar-refractivity contribution is 5.96. The minimum absolute atomic E-state index is 0.124. The number of rotatable bonds is 5. The van der Waals surface area contributed by atoms with Crippen LogP contribution in [-0.2, 0) is 20.7 Å². The number of benzene rings is 1. The second-order valence-electron chi connectivity index (χ2n) is 7.60. The van der Waals surface area contributed by atoms with Crippen LogP contribution < -0.4 is 0 Å². The maximum absolute atomic E-state index is 12.9. The van der Waals surface area contributed by atoms with E-state index in [1.807, 2.05) is 30.3 Å². The van der Waals surface area contributed by atoms with Crippen molar-refractivity contribution in [1.29, 1.82) is 0 Å². The molecule has 6 nitrogen and oxygen atoms in total. The molecule has 136 valence electrons. The number of aliphatic carboxylic acids is 1. The highest BCUT2D eigenvalue weighted by Crippen LogP contribution is 2.34. The number of carboxylic acid groups (broad SMARTS) is 1. The molecule has 3 atom stereocenters. The normalized spacial score (nSPS) is 20.1. The fourth-order valence-corrected chi connectivity index (χ4v) is 3.46. The van der Waals surface area contributed by atoms with E-state index in [2.05, 4.69) is 0 Å². The van der Waals surface area contributed by atoms with Crippen LogP contribution in [0.5, 0.6) is 0 Å². The van der Waals surface area contributed by atoms with E-state index in [9.17, 15) is 19.5 Å². The predicted molar refractivity (Wildman–Crippen MR) is 91.9 cm³/mol. The van der Waals surface area contributed by atoms with E-state index < -0.39 is 41.3 Å². The van der Waals surface area contributed by atoms with Gasteiger partial charge in [-0.1, -0.05) is 58.0 Å². The summed E-state index contributed by atoms with van der Waals surface area (Å²) in [5, 5.41) is 9.55. The summed E-state index contributed by atoms with van der Waals surface area (Å²) in [6, 6.07) is 9.10. The SMILES string of the molecule is CC(C(=O)N1C(=O)OC[C@@H]1Cc1ccccc1)[C@@H](C(=O)O)C(C)(C)C. The van der Waals surface area contributed by atoms with Gasteiger partial charge in [0.2, 0.25) is 5.91 Å². The van der Waals surface area contributed by atoms with Gasteiger partial charge in [0, 0.05) is 5.92 Å². The first-order valence-corrected chi connectivity index (χ1v) is 8.39. The first kappa shape index (κ1) is 19.0. The average molecular weight is 347 g/mol. The molecule has 1 aliphatic heterocycles. The second-order valence-corrected chi connectivity index (χ2v) is 7.60. The maximum Gasteiger partial charge on any atom is 0.416 e. The first-order valence-electron chi connectivity index (χ1n) is 8.39. The van der Waals surface area contributed by atoms with E-state index in [1.165, 1.54) is 0 Å². The molecule has 25 heavy (non-hydrogen) atoms. The van der Waals surface area contributed by atoms with Gasteiger partial charge in [0.05, 0.1) is 12.0 Å². The number of carbonyl (C=O) groups is 3. The van der Waals surface area contributed by atoms with Crippen LogP contribution in [0.4, 0.5) is 4.79 Å². The summed E-state index contributed by atoms with van der Waals surface area (Å²) in [5.41, 5.74) is 0.376. The number of imide groups is 1. The molecule has 2 amide bonds. The van der Waals surface area contributed by atoms with Gasteiger partial charge in [0.15, 0.2) is 0 Å². The van der Waals surface area contributed by atoms with E-state index in [1.54, 1.807) is 27.7 Å². The third kappa shape index (κ3) is 4.18. The molecular weight excluding hydrogens is 322 g/mol. The zero-order valence-electron chi connectivity index (χ0n) is 15.1. The fraction of sp³-hybridized carbons (Fsp3) is 0.526. The van der Waals surface area contributed by atoms with Crippen LogP contribution in [0.15, 0.2) is 30.3 Å². The lowest BCUT2D eigenvalue weighted by Gasteiger charge is -2.33. The molecule has 2 rings (SSSR count). The molecule has 1 unspecified atom stereocenters. The molecule has 0 spiro atoms. The van der Waals surface area contributed by atoms with Gasteiger partial charge < -0.3 is 9.84 Å². The van der Waals surface area contributed by atoms with Crippen LogP contribution in [0.25, 0.3) is 0 Å². The van der Waals surface area contributed by atoms with Crippen molar-refractivity contribution < 1.29 is 24.2 Å². The molecule has 1 aliphatic rings. The maximum atomic E-state index is 12.9. The summed E-state index contributed by atoms with van der Waals surface area (Å²) in [6.07, 6.45) is -0.214. The molecule has 1 fully saturated rings. The largest absolute Gasteiger partial charge is 0.481 e. The van der Waals surface area contributed by atoms with E-state index >= 15 is 0 Å². The molecule has 1 heterocycles. The van der Waals surface area contributed by atoms with Crippen LogP contribution in [0.1, 0.15) is 33.3 Å². The molecular formula is C19H25NO5. The Balaban J connectivity index is 2.22. The second kappa shape index (κ2) is 7.25. The van der Waals surface area contributed by atoms with Crippen LogP contribution in [0, 0.1) is 17.3 Å². The Kier molecular flexibility index (Phi) is 5.50. The van der Waals surface area contributed by atoms with Crippen molar-refractivity contribution in [2.75, 3.05) is 6.61 Å². The Labute approximate surface area is 147 Å². The number of carboxylic acids is 1. The average Bonchev–Trinajstić information content (AvgIpc) is 2.86. The molecule has 0 aromatic heterocycles. The van der Waals surface area contributed by atoms with Crippen LogP contribution in [0.3, 0.4) is 0 Å². The minimum atomic E-state index is -1.04. The van der Waals surface area contributed by atoms with Crippen molar-refractivity contribution in [3.05, 3.63) is 35.9 Å². The number of ether oxygens (including phenoxy) is 1. The Morgan fingerprint density at radius 3 is 2.40 bits per heavy atom. The van der Waals surface area contributed by atoms with Gasteiger partial charge in [-0.3, -0.25) is 9.59 Å². The predicted octanol–water partition coefficient (Wildman–Crippen LogP) is 2.96. The van der Waals surface area contributed by atoms with Crippen molar-refractivity contribution in [2.24, 2.45) is 17.3 Å². The fourth-order valence-electron chi connectivity index (χ4n) is 3.46. The van der Waals surface area contributed by atoms with E-state index in [0.29, 0.717) is 6.42 Å². The van der Waals surface area contributed by atoms with Crippen molar-refractivity contribution >= 4 is 18.0 Å². The van der Waals surface area contributed by atoms with Gasteiger partial charge in [0.1, 0.15) is 6.61 Å². The summed E-state index contributed by atoms with van der Waals surface area (Å²) in [5.74, 6) is -3.27. The zero-order valence-corrected chi connectivity index (χ0v) is 15.1. The number of nitrogens with zero attached hydrogens (tertiary/aromatic N) is 1. The molecule has 0 radical (unpaired) electrons. The third-order valence-electron chi connectivity index (χ3n) is 4.60. The van der Waals surface area contributed by atoms with Crippen molar-refractivity contribution in [1.82, 2.24) is 4.90 Å². The number of hydrogen-bond donors (Lipinski definition) is 1. The summed E-state index contributed by atoms with van der Waals surface area (Å²) >= 11 is 0. The summed E-state index contributed by atoms with van der Waals surface area (Å²) in [4.78, 5) is 37.8. The first-order chi connectivity index (χ1) is 11.6. The lowest BCUT2D eigenvalue weighted by molar-refractivity contribution is -0.154. The van der Waals surface area contributed by atoms with Crippen molar-refractivity contribution in [3.8, 4) is 0 Å². The van der Waals surface area contributed by atoms with Crippen LogP contribution in [-0.4, -0.2) is 40.6 Å². The number of hydrogen-bond acceptors (Lipinski definition) is 4. The summed E-state index contributed by atoms with van der Waals surface area (Å²) < 4.78 is 5.07. The number of carbonyl (C=O) groups excluding carboxylic acids is 2. The van der Waals surface area contributed by atoms with Gasteiger partial charge in [-0.15, -0.1) is 0 Å². The van der Waals surface area contributed by atoms with E-state index in [4.69, 9.17) is 4.74 Å². The Bertz CT molecular complexity index is 650. The lowest BCUT2D eigenvalue weighted by Crippen LogP contribution is -2.48. The highest BCUT2D eigenvalue weighted by Gasteiger charge is 2.46. The highest BCUT2D eigenvalue weighted by atomic mass is 16.6. The van der Waals surface area contributed by atoms with Gasteiger partial charge in [-0.05, 0) is 17.4 Å². The topological polar surface area (TPSA) is 83.9 Å².